The van der Waals surface area contributed by atoms with Crippen LogP contribution >= 0.6 is 0 Å². The molecule has 2 bridgehead atoms. The lowest BCUT2D eigenvalue weighted by atomic mass is 9.77. The van der Waals surface area contributed by atoms with Crippen molar-refractivity contribution in [3.8, 4) is 0 Å². The summed E-state index contributed by atoms with van der Waals surface area (Å²) in [6.07, 6.45) is 9.90. The molecule has 4 heterocycles. The van der Waals surface area contributed by atoms with Gasteiger partial charge < -0.3 is 9.09 Å². The third-order valence-electron chi connectivity index (χ3n) is 7.44. The van der Waals surface area contributed by atoms with Crippen molar-refractivity contribution >= 4 is 0 Å². The van der Waals surface area contributed by atoms with Crippen molar-refractivity contribution in [1.29, 1.82) is 0 Å². The molecule has 2 aliphatic heterocycles. The molecule has 0 spiro atoms. The summed E-state index contributed by atoms with van der Waals surface area (Å²) in [5.74, 6) is 2.58. The van der Waals surface area contributed by atoms with Crippen LogP contribution in [-0.4, -0.2) is 27.7 Å². The van der Waals surface area contributed by atoms with Crippen molar-refractivity contribution in [1.82, 2.24) is 14.6 Å². The number of nitrogens with zero attached hydrogens (tertiary/aromatic N) is 3. The molecule has 2 aromatic rings. The number of rotatable bonds is 5. The molecule has 1 saturated heterocycles. The molecule has 1 saturated carbocycles. The molecule has 2 fully saturated rings. The highest BCUT2D eigenvalue weighted by atomic mass is 16.5. The molecule has 3 aliphatic rings. The average Bonchev–Trinajstić information content (AvgIpc) is 3.20. The normalized spacial score (nSPS) is 27.7. The maximum absolute atomic E-state index is 12.6. The second-order valence-electron chi connectivity index (χ2n) is 9.45. The first-order chi connectivity index (χ1) is 14.2. The minimum absolute atomic E-state index is 0.177. The Labute approximate surface area is 173 Å². The molecule has 3 atom stereocenters. The number of hydrogen-bond donors (Lipinski definition) is 0. The number of pyridine rings is 1. The zero-order chi connectivity index (χ0) is 19.8. The molecule has 156 valence electrons. The van der Waals surface area contributed by atoms with E-state index in [0.29, 0.717) is 23.8 Å². The summed E-state index contributed by atoms with van der Waals surface area (Å²) in [5.41, 5.74) is 2.58. The topological polar surface area (TPSA) is 51.3 Å². The number of likely N-dealkylation sites (tertiary alicyclic amines) is 1. The van der Waals surface area contributed by atoms with Gasteiger partial charge in [-0.2, -0.15) is 0 Å². The number of hydrogen-bond acceptors (Lipinski definition) is 4. The second-order valence-corrected chi connectivity index (χ2v) is 9.45. The van der Waals surface area contributed by atoms with Crippen LogP contribution < -0.4 is 5.56 Å². The van der Waals surface area contributed by atoms with Gasteiger partial charge in [-0.1, -0.05) is 43.8 Å². The minimum Gasteiger partial charge on any atom is -0.360 e. The fraction of sp³-hybridized carbons (Fsp3) is 0.667. The van der Waals surface area contributed by atoms with E-state index in [9.17, 15) is 4.79 Å². The third-order valence-corrected chi connectivity index (χ3v) is 7.44. The maximum atomic E-state index is 12.6. The molecule has 0 N–H and O–H groups in total. The predicted octanol–water partition coefficient (Wildman–Crippen LogP) is 4.84. The summed E-state index contributed by atoms with van der Waals surface area (Å²) in [5, 5.41) is 4.42. The van der Waals surface area contributed by atoms with Gasteiger partial charge in [0.2, 0.25) is 0 Å². The van der Waals surface area contributed by atoms with E-state index in [4.69, 9.17) is 4.52 Å². The Kier molecular flexibility index (Phi) is 5.33. The van der Waals surface area contributed by atoms with E-state index in [2.05, 4.69) is 33.7 Å². The van der Waals surface area contributed by atoms with Gasteiger partial charge in [0.1, 0.15) is 0 Å². The minimum atomic E-state index is 0.177. The summed E-state index contributed by atoms with van der Waals surface area (Å²) < 4.78 is 7.88. The lowest BCUT2D eigenvalue weighted by Crippen LogP contribution is -2.49. The fourth-order valence-electron chi connectivity index (χ4n) is 6.15. The molecule has 5 nitrogen and oxygen atoms in total. The van der Waals surface area contributed by atoms with E-state index in [0.717, 1.165) is 43.9 Å². The van der Waals surface area contributed by atoms with Crippen molar-refractivity contribution in [3.63, 3.8) is 0 Å². The first kappa shape index (κ1) is 19.1. The van der Waals surface area contributed by atoms with Crippen LogP contribution in [0.2, 0.25) is 0 Å². The van der Waals surface area contributed by atoms with Crippen molar-refractivity contribution in [3.05, 3.63) is 51.8 Å². The number of aromatic nitrogens is 2. The van der Waals surface area contributed by atoms with Crippen LogP contribution in [0.4, 0.5) is 0 Å². The Balaban J connectivity index is 1.34. The highest BCUT2D eigenvalue weighted by Crippen LogP contribution is 2.43. The highest BCUT2D eigenvalue weighted by molar-refractivity contribution is 5.19. The van der Waals surface area contributed by atoms with Crippen LogP contribution in [0.25, 0.3) is 0 Å². The van der Waals surface area contributed by atoms with E-state index in [-0.39, 0.29) is 5.56 Å². The summed E-state index contributed by atoms with van der Waals surface area (Å²) >= 11 is 0. The summed E-state index contributed by atoms with van der Waals surface area (Å²) in [6, 6.07) is 8.37. The van der Waals surface area contributed by atoms with Gasteiger partial charge in [-0.3, -0.25) is 9.69 Å². The summed E-state index contributed by atoms with van der Waals surface area (Å²) in [6.45, 7) is 5.10. The van der Waals surface area contributed by atoms with E-state index in [1.165, 1.54) is 44.2 Å². The van der Waals surface area contributed by atoms with Gasteiger partial charge in [-0.05, 0) is 37.7 Å². The van der Waals surface area contributed by atoms with Crippen LogP contribution in [0.3, 0.4) is 0 Å². The molecule has 5 rings (SSSR count). The Bertz CT molecular complexity index is 896. The standard InChI is InChI=1S/C24H33N3O2/c1-2-7-22-18-12-19(23-10-6-11-24(28)27(22)23)15-26(14-18)16-20-13-21(25-29-20)17-8-4-3-5-9-17/h6,10-11,13,17-19,22H,2-5,7-9,12,14-16H2,1H3/t18-,19+,22-/m0/s1. The van der Waals surface area contributed by atoms with Crippen LogP contribution in [0.15, 0.2) is 33.6 Å². The second kappa shape index (κ2) is 8.10. The third kappa shape index (κ3) is 3.70. The summed E-state index contributed by atoms with van der Waals surface area (Å²) in [7, 11) is 0. The molecular weight excluding hydrogens is 362 g/mol. The van der Waals surface area contributed by atoms with Crippen molar-refractivity contribution in [2.24, 2.45) is 5.92 Å². The van der Waals surface area contributed by atoms with Gasteiger partial charge in [0.05, 0.1) is 12.2 Å². The van der Waals surface area contributed by atoms with Crippen molar-refractivity contribution in [2.45, 2.75) is 82.7 Å². The quantitative estimate of drug-likeness (QED) is 0.727. The lowest BCUT2D eigenvalue weighted by molar-refractivity contribution is 0.0755. The van der Waals surface area contributed by atoms with Gasteiger partial charge in [-0.15, -0.1) is 0 Å². The van der Waals surface area contributed by atoms with E-state index in [1.54, 1.807) is 6.07 Å². The molecule has 0 radical (unpaired) electrons. The Morgan fingerprint density at radius 3 is 2.83 bits per heavy atom. The zero-order valence-corrected chi connectivity index (χ0v) is 17.6. The number of fused-ring (bicyclic) bond motifs is 4. The maximum Gasteiger partial charge on any atom is 0.250 e. The molecule has 0 aromatic carbocycles. The average molecular weight is 396 g/mol. The van der Waals surface area contributed by atoms with E-state index >= 15 is 0 Å². The molecule has 0 unspecified atom stereocenters. The van der Waals surface area contributed by atoms with Crippen molar-refractivity contribution < 1.29 is 4.52 Å². The molecule has 1 aliphatic carbocycles. The van der Waals surface area contributed by atoms with Crippen LogP contribution in [-0.2, 0) is 6.54 Å². The van der Waals surface area contributed by atoms with Gasteiger partial charge in [0, 0.05) is 48.8 Å². The molecule has 5 heteroatoms. The van der Waals surface area contributed by atoms with E-state index < -0.39 is 0 Å². The zero-order valence-electron chi connectivity index (χ0n) is 17.6. The monoisotopic (exact) mass is 395 g/mol. The Morgan fingerprint density at radius 2 is 2.00 bits per heavy atom. The molecule has 0 amide bonds. The van der Waals surface area contributed by atoms with Crippen molar-refractivity contribution in [2.75, 3.05) is 13.1 Å². The first-order valence-electron chi connectivity index (χ1n) is 11.6. The molecule has 29 heavy (non-hydrogen) atoms. The van der Waals surface area contributed by atoms with Gasteiger partial charge >= 0.3 is 0 Å². The van der Waals surface area contributed by atoms with Gasteiger partial charge in [0.25, 0.3) is 5.56 Å². The SMILES string of the molecule is CCC[C@H]1[C@H]2C[C@H](CN(Cc3cc(C4CCCCC4)no3)C2)c2cccc(=O)n21. The van der Waals surface area contributed by atoms with Gasteiger partial charge in [-0.25, -0.2) is 0 Å². The molecule has 2 aromatic heterocycles. The van der Waals surface area contributed by atoms with Gasteiger partial charge in [0.15, 0.2) is 5.76 Å². The predicted molar refractivity (Wildman–Crippen MR) is 113 cm³/mol. The first-order valence-corrected chi connectivity index (χ1v) is 11.6. The Morgan fingerprint density at radius 1 is 1.14 bits per heavy atom. The summed E-state index contributed by atoms with van der Waals surface area (Å²) in [4.78, 5) is 15.2. The van der Waals surface area contributed by atoms with Crippen LogP contribution in [0.5, 0.6) is 0 Å². The highest BCUT2D eigenvalue weighted by Gasteiger charge is 2.40. The van der Waals surface area contributed by atoms with Crippen LogP contribution in [0, 0.1) is 5.92 Å². The molecular formula is C24H33N3O2. The van der Waals surface area contributed by atoms with E-state index in [1.807, 2.05) is 6.07 Å². The Hall–Kier alpha value is -1.88. The van der Waals surface area contributed by atoms with Crippen LogP contribution in [0.1, 0.15) is 93.3 Å². The smallest absolute Gasteiger partial charge is 0.250 e. The number of piperidine rings is 1. The largest absolute Gasteiger partial charge is 0.360 e. The lowest BCUT2D eigenvalue weighted by Gasteiger charge is -2.47. The fourth-order valence-corrected chi connectivity index (χ4v) is 6.15.